The minimum absolute atomic E-state index is 0.0116. The second kappa shape index (κ2) is 18.8. The molecule has 0 unspecified atom stereocenters. The number of halogens is 4. The van der Waals surface area contributed by atoms with Crippen LogP contribution in [0.3, 0.4) is 0 Å². The van der Waals surface area contributed by atoms with E-state index in [-0.39, 0.29) is 25.4 Å². The second-order valence-corrected chi connectivity index (χ2v) is 9.87. The Balaban J connectivity index is 0.000000418. The molecule has 0 saturated heterocycles. The van der Waals surface area contributed by atoms with Gasteiger partial charge in [-0.1, -0.05) is 38.8 Å². The smallest absolute Gasteiger partial charge is 0.435 e. The summed E-state index contributed by atoms with van der Waals surface area (Å²) in [5.74, 6) is -1.12. The fraction of sp³-hybridized carbons (Fsp3) is 0.355. The van der Waals surface area contributed by atoms with Gasteiger partial charge < -0.3 is 15.2 Å². The molecule has 0 saturated carbocycles. The predicted molar refractivity (Wildman–Crippen MR) is 167 cm³/mol. The lowest BCUT2D eigenvalue weighted by atomic mass is 9.95. The SMILES string of the molecule is C=N/C=C(\C=N/COCC(C)(C)C(=O)O)c1ccc(NC)c(F)c1.CCCC.O=Cc1cn(-c2ccccn2)nc1C(F)(F)F. The topological polar surface area (TPSA) is 131 Å². The van der Waals surface area contributed by atoms with Crippen molar-refractivity contribution < 1.29 is 37.0 Å². The molecule has 0 spiro atoms. The maximum Gasteiger partial charge on any atom is 0.435 e. The molecule has 0 aliphatic rings. The van der Waals surface area contributed by atoms with Gasteiger partial charge in [-0.3, -0.25) is 19.6 Å². The van der Waals surface area contributed by atoms with Crippen LogP contribution in [0.4, 0.5) is 23.2 Å². The van der Waals surface area contributed by atoms with E-state index >= 15 is 0 Å². The van der Waals surface area contributed by atoms with Crippen molar-refractivity contribution in [1.29, 1.82) is 0 Å². The molecule has 3 aromatic rings. The van der Waals surface area contributed by atoms with Crippen molar-refractivity contribution in [1.82, 2.24) is 14.8 Å². The van der Waals surface area contributed by atoms with Crippen molar-refractivity contribution in [3.05, 3.63) is 77.6 Å². The van der Waals surface area contributed by atoms with E-state index < -0.39 is 34.6 Å². The predicted octanol–water partition coefficient (Wildman–Crippen LogP) is 6.97. The second-order valence-electron chi connectivity index (χ2n) is 9.87. The van der Waals surface area contributed by atoms with Gasteiger partial charge in [-0.2, -0.15) is 18.3 Å². The number of hydrogen-bond acceptors (Lipinski definition) is 8. The highest BCUT2D eigenvalue weighted by Gasteiger charge is 2.37. The van der Waals surface area contributed by atoms with Gasteiger partial charge in [0.1, 0.15) is 12.5 Å². The number of benzene rings is 1. The maximum absolute atomic E-state index is 13.8. The van der Waals surface area contributed by atoms with E-state index in [1.165, 1.54) is 43.6 Å². The average molecular weight is 635 g/mol. The van der Waals surface area contributed by atoms with Gasteiger partial charge in [-0.05, 0) is 50.4 Å². The zero-order chi connectivity index (χ0) is 34.0. The molecule has 0 bridgehead atoms. The summed E-state index contributed by atoms with van der Waals surface area (Å²) in [5.41, 5.74) is -1.16. The normalized spacial score (nSPS) is 11.6. The number of unbranched alkanes of at least 4 members (excludes halogenated alkanes) is 1. The summed E-state index contributed by atoms with van der Waals surface area (Å²) in [5, 5.41) is 15.1. The van der Waals surface area contributed by atoms with Gasteiger partial charge in [-0.25, -0.2) is 14.1 Å². The van der Waals surface area contributed by atoms with Gasteiger partial charge in [0.25, 0.3) is 0 Å². The highest BCUT2D eigenvalue weighted by atomic mass is 19.4. The van der Waals surface area contributed by atoms with Gasteiger partial charge in [0.2, 0.25) is 0 Å². The molecule has 14 heteroatoms. The third kappa shape index (κ3) is 12.8. The highest BCUT2D eigenvalue weighted by molar-refractivity contribution is 6.09. The number of aldehydes is 1. The Bertz CT molecular complexity index is 1440. The summed E-state index contributed by atoms with van der Waals surface area (Å²) >= 11 is 0. The van der Waals surface area contributed by atoms with Crippen molar-refractivity contribution in [3.8, 4) is 5.82 Å². The molecule has 0 aliphatic carbocycles. The number of carboxylic acid groups (broad SMARTS) is 1. The number of pyridine rings is 1. The molecule has 0 radical (unpaired) electrons. The zero-order valence-electron chi connectivity index (χ0n) is 25.8. The number of alkyl halides is 3. The molecule has 10 nitrogen and oxygen atoms in total. The van der Waals surface area contributed by atoms with Gasteiger partial charge >= 0.3 is 12.1 Å². The van der Waals surface area contributed by atoms with Crippen LogP contribution in [0.1, 0.15) is 62.2 Å². The number of nitrogens with one attached hydrogen (secondary N) is 1. The van der Waals surface area contributed by atoms with E-state index in [0.29, 0.717) is 16.8 Å². The summed E-state index contributed by atoms with van der Waals surface area (Å²) in [4.78, 5) is 33.1. The minimum Gasteiger partial charge on any atom is -0.481 e. The first-order chi connectivity index (χ1) is 21.2. The number of hydrogen-bond donors (Lipinski definition) is 2. The first kappa shape index (κ1) is 38.3. The van der Waals surface area contributed by atoms with Crippen molar-refractivity contribution in [2.75, 3.05) is 25.7 Å². The molecule has 1 aromatic carbocycles. The van der Waals surface area contributed by atoms with Crippen LogP contribution in [0.25, 0.3) is 11.4 Å². The van der Waals surface area contributed by atoms with Crippen LogP contribution in [-0.4, -0.2) is 65.4 Å². The molecule has 2 aromatic heterocycles. The van der Waals surface area contributed by atoms with Crippen LogP contribution in [0.15, 0.2) is 65.0 Å². The standard InChI is InChI=1S/C17H22FN3O3.C10H6F3N3O.C4H10/c1-17(2,16(22)23)10-24-11-21-9-13(8-19-3)12-5-6-15(20-4)14(18)7-12;11-10(12,13)9-7(6-17)5-16(15-9)8-3-1-2-4-14-8;1-3-4-2/h5-9,20H,3,10-11H2,1-2,4H3,(H,22,23);1-6H;3-4H2,1-2H3/b13-8+,21-9-;;. The highest BCUT2D eigenvalue weighted by Crippen LogP contribution is 2.30. The number of nitrogens with zero attached hydrogens (tertiary/aromatic N) is 5. The van der Waals surface area contributed by atoms with E-state index in [0.717, 1.165) is 10.9 Å². The number of carboxylic acids is 1. The van der Waals surface area contributed by atoms with Crippen LogP contribution < -0.4 is 5.32 Å². The number of aliphatic imine (C=N–C) groups is 2. The Kier molecular flexibility index (Phi) is 16.0. The summed E-state index contributed by atoms with van der Waals surface area (Å²) in [6, 6.07) is 9.43. The number of carbonyl (C=O) groups is 2. The largest absolute Gasteiger partial charge is 0.481 e. The van der Waals surface area contributed by atoms with E-state index in [1.807, 2.05) is 0 Å². The first-order valence-corrected chi connectivity index (χ1v) is 13.7. The Morgan fingerprint density at radius 2 is 1.87 bits per heavy atom. The summed E-state index contributed by atoms with van der Waals surface area (Å²) < 4.78 is 57.5. The van der Waals surface area contributed by atoms with Crippen molar-refractivity contribution in [2.24, 2.45) is 15.4 Å². The Hall–Kier alpha value is -4.72. The Labute approximate surface area is 259 Å². The molecule has 3 rings (SSSR count). The number of carbonyl (C=O) groups excluding carboxylic acids is 1. The summed E-state index contributed by atoms with van der Waals surface area (Å²) in [6.07, 6.45) is 3.46. The van der Waals surface area contributed by atoms with E-state index in [1.54, 1.807) is 45.2 Å². The van der Waals surface area contributed by atoms with Crippen molar-refractivity contribution in [2.45, 2.75) is 46.7 Å². The van der Waals surface area contributed by atoms with E-state index in [9.17, 15) is 27.2 Å². The molecule has 244 valence electrons. The van der Waals surface area contributed by atoms with E-state index in [4.69, 9.17) is 9.84 Å². The van der Waals surface area contributed by atoms with Gasteiger partial charge in [0.05, 0.1) is 23.3 Å². The maximum atomic E-state index is 13.8. The van der Waals surface area contributed by atoms with Gasteiger partial charge in [-0.15, -0.1) is 0 Å². The van der Waals surface area contributed by atoms with Crippen LogP contribution in [0, 0.1) is 11.2 Å². The van der Waals surface area contributed by atoms with Crippen LogP contribution in [0.2, 0.25) is 0 Å². The third-order valence-electron chi connectivity index (χ3n) is 5.76. The fourth-order valence-corrected chi connectivity index (χ4v) is 3.03. The quantitative estimate of drug-likeness (QED) is 0.0952. The number of anilines is 1. The van der Waals surface area contributed by atoms with E-state index in [2.05, 4.69) is 45.9 Å². The molecular formula is C31H38F4N6O4. The zero-order valence-corrected chi connectivity index (χ0v) is 25.8. The lowest BCUT2D eigenvalue weighted by molar-refractivity contribution is -0.150. The Morgan fingerprint density at radius 3 is 2.33 bits per heavy atom. The van der Waals surface area contributed by atoms with Crippen molar-refractivity contribution >= 4 is 36.4 Å². The van der Waals surface area contributed by atoms with Crippen molar-refractivity contribution in [3.63, 3.8) is 0 Å². The molecule has 2 heterocycles. The number of aromatic nitrogens is 3. The lowest BCUT2D eigenvalue weighted by Crippen LogP contribution is -2.29. The van der Waals surface area contributed by atoms with Gasteiger partial charge in [0, 0.05) is 37.4 Å². The van der Waals surface area contributed by atoms with Crippen LogP contribution in [0.5, 0.6) is 0 Å². The number of allylic oxidation sites excluding steroid dienone is 1. The molecule has 0 atom stereocenters. The molecule has 2 N–H and O–H groups in total. The lowest BCUT2D eigenvalue weighted by Gasteiger charge is -2.17. The monoisotopic (exact) mass is 634 g/mol. The summed E-state index contributed by atoms with van der Waals surface area (Å²) in [6.45, 7) is 10.9. The Morgan fingerprint density at radius 1 is 1.18 bits per heavy atom. The average Bonchev–Trinajstić information content (AvgIpc) is 3.47. The summed E-state index contributed by atoms with van der Waals surface area (Å²) in [7, 11) is 1.64. The first-order valence-electron chi connectivity index (χ1n) is 13.7. The molecule has 0 aliphatic heterocycles. The number of rotatable bonds is 12. The molecule has 0 amide bonds. The molecular weight excluding hydrogens is 596 g/mol. The molecule has 0 fully saturated rings. The van der Waals surface area contributed by atoms with Crippen LogP contribution >= 0.6 is 0 Å². The minimum atomic E-state index is -4.66. The molecule has 45 heavy (non-hydrogen) atoms. The van der Waals surface area contributed by atoms with Crippen LogP contribution in [-0.2, 0) is 15.7 Å². The third-order valence-corrected chi connectivity index (χ3v) is 5.76. The number of aliphatic carboxylic acids is 1. The van der Waals surface area contributed by atoms with Gasteiger partial charge in [0.15, 0.2) is 17.8 Å². The fourth-order valence-electron chi connectivity index (χ4n) is 3.03. The number of ether oxygens (including phenoxy) is 1.